The SMILES string of the molecule is CCC1=CC=C(CNC(=O)COCCOCCNC(=O)COCCO)CC1. The van der Waals surface area contributed by atoms with Gasteiger partial charge in [0.2, 0.25) is 11.8 Å². The van der Waals surface area contributed by atoms with E-state index < -0.39 is 0 Å². The molecule has 8 nitrogen and oxygen atoms in total. The Bertz CT molecular complexity index is 504. The zero-order chi connectivity index (χ0) is 19.7. The van der Waals surface area contributed by atoms with Crippen LogP contribution < -0.4 is 10.6 Å². The van der Waals surface area contributed by atoms with Gasteiger partial charge in [-0.05, 0) is 19.3 Å². The van der Waals surface area contributed by atoms with E-state index in [1.165, 1.54) is 11.1 Å². The summed E-state index contributed by atoms with van der Waals surface area (Å²) in [7, 11) is 0. The van der Waals surface area contributed by atoms with Crippen molar-refractivity contribution in [3.63, 3.8) is 0 Å². The number of amides is 2. The Kier molecular flexibility index (Phi) is 13.2. The van der Waals surface area contributed by atoms with E-state index in [0.29, 0.717) is 32.9 Å². The van der Waals surface area contributed by atoms with Crippen LogP contribution in [0, 0.1) is 0 Å². The lowest BCUT2D eigenvalue weighted by Gasteiger charge is -2.14. The van der Waals surface area contributed by atoms with E-state index in [2.05, 4.69) is 29.7 Å². The summed E-state index contributed by atoms with van der Waals surface area (Å²) < 4.78 is 15.4. The summed E-state index contributed by atoms with van der Waals surface area (Å²) in [6.07, 6.45) is 7.39. The lowest BCUT2D eigenvalue weighted by molar-refractivity contribution is -0.127. The van der Waals surface area contributed by atoms with Crippen molar-refractivity contribution in [1.82, 2.24) is 10.6 Å². The van der Waals surface area contributed by atoms with Crippen molar-refractivity contribution in [3.8, 4) is 0 Å². The molecule has 0 radical (unpaired) electrons. The minimum absolute atomic E-state index is 0.00558. The number of ether oxygens (including phenoxy) is 3. The Hall–Kier alpha value is -1.74. The molecule has 0 atom stereocenters. The van der Waals surface area contributed by atoms with Gasteiger partial charge in [0.1, 0.15) is 13.2 Å². The van der Waals surface area contributed by atoms with Crippen molar-refractivity contribution < 1.29 is 28.9 Å². The minimum atomic E-state index is -0.255. The lowest BCUT2D eigenvalue weighted by Crippen LogP contribution is -2.31. The molecule has 2 amide bonds. The second kappa shape index (κ2) is 15.3. The summed E-state index contributed by atoms with van der Waals surface area (Å²) in [4.78, 5) is 23.0. The number of hydrogen-bond donors (Lipinski definition) is 3. The summed E-state index contributed by atoms with van der Waals surface area (Å²) >= 11 is 0. The molecular weight excluding hydrogens is 352 g/mol. The van der Waals surface area contributed by atoms with Gasteiger partial charge in [-0.2, -0.15) is 0 Å². The largest absolute Gasteiger partial charge is 0.394 e. The molecule has 8 heteroatoms. The molecule has 0 heterocycles. The van der Waals surface area contributed by atoms with Crippen molar-refractivity contribution in [3.05, 3.63) is 23.3 Å². The summed E-state index contributed by atoms with van der Waals surface area (Å²) in [5.41, 5.74) is 2.68. The number of rotatable bonds is 15. The first-order valence-corrected chi connectivity index (χ1v) is 9.40. The van der Waals surface area contributed by atoms with Crippen LogP contribution in [0.4, 0.5) is 0 Å². The normalized spacial score (nSPS) is 13.7. The molecule has 0 saturated heterocycles. The highest BCUT2D eigenvalue weighted by Gasteiger charge is 2.07. The summed E-state index contributed by atoms with van der Waals surface area (Å²) in [5, 5.41) is 14.0. The number of carbonyl (C=O) groups is 2. The second-order valence-electron chi connectivity index (χ2n) is 6.07. The molecule has 3 N–H and O–H groups in total. The Balaban J connectivity index is 1.92. The van der Waals surface area contributed by atoms with Crippen LogP contribution in [-0.2, 0) is 23.8 Å². The first-order chi connectivity index (χ1) is 13.2. The van der Waals surface area contributed by atoms with Crippen molar-refractivity contribution in [2.75, 3.05) is 59.3 Å². The smallest absolute Gasteiger partial charge is 0.246 e. The summed E-state index contributed by atoms with van der Waals surface area (Å²) in [5.74, 6) is -0.397. The molecule has 1 aliphatic carbocycles. The van der Waals surface area contributed by atoms with E-state index in [9.17, 15) is 9.59 Å². The summed E-state index contributed by atoms with van der Waals surface area (Å²) in [6.45, 7) is 4.05. The van der Waals surface area contributed by atoms with Crippen LogP contribution in [0.3, 0.4) is 0 Å². The van der Waals surface area contributed by atoms with Gasteiger partial charge >= 0.3 is 0 Å². The molecule has 0 aromatic rings. The van der Waals surface area contributed by atoms with Crippen LogP contribution in [-0.4, -0.2) is 76.3 Å². The number of aliphatic hydroxyl groups excluding tert-OH is 1. The molecule has 0 fully saturated rings. The van der Waals surface area contributed by atoms with Gasteiger partial charge in [-0.15, -0.1) is 0 Å². The highest BCUT2D eigenvalue weighted by molar-refractivity contribution is 5.77. The van der Waals surface area contributed by atoms with Gasteiger partial charge in [-0.25, -0.2) is 0 Å². The third-order valence-electron chi connectivity index (χ3n) is 3.93. The van der Waals surface area contributed by atoms with Crippen LogP contribution in [0.5, 0.6) is 0 Å². The minimum Gasteiger partial charge on any atom is -0.394 e. The van der Waals surface area contributed by atoms with Gasteiger partial charge in [0.25, 0.3) is 0 Å². The van der Waals surface area contributed by atoms with Gasteiger partial charge in [0, 0.05) is 13.1 Å². The second-order valence-corrected chi connectivity index (χ2v) is 6.07. The molecule has 0 aliphatic heterocycles. The van der Waals surface area contributed by atoms with E-state index in [0.717, 1.165) is 19.3 Å². The highest BCUT2D eigenvalue weighted by atomic mass is 16.5. The molecule has 0 aromatic heterocycles. The van der Waals surface area contributed by atoms with Crippen molar-refractivity contribution in [2.45, 2.75) is 26.2 Å². The van der Waals surface area contributed by atoms with Crippen LogP contribution in [0.25, 0.3) is 0 Å². The van der Waals surface area contributed by atoms with Gasteiger partial charge in [0.15, 0.2) is 0 Å². The maximum absolute atomic E-state index is 11.7. The van der Waals surface area contributed by atoms with E-state index in [1.54, 1.807) is 0 Å². The fourth-order valence-electron chi connectivity index (χ4n) is 2.36. The van der Waals surface area contributed by atoms with E-state index >= 15 is 0 Å². The van der Waals surface area contributed by atoms with Crippen LogP contribution in [0.1, 0.15) is 26.2 Å². The van der Waals surface area contributed by atoms with Gasteiger partial charge < -0.3 is 30.0 Å². The number of allylic oxidation sites excluding steroid dienone is 3. The number of hydrogen-bond acceptors (Lipinski definition) is 6. The van der Waals surface area contributed by atoms with Crippen LogP contribution in [0.15, 0.2) is 23.3 Å². The Labute approximate surface area is 160 Å². The van der Waals surface area contributed by atoms with E-state index in [-0.39, 0.29) is 38.2 Å². The molecule has 0 unspecified atom stereocenters. The molecule has 0 aromatic carbocycles. The molecule has 0 bridgehead atoms. The number of nitrogens with one attached hydrogen (secondary N) is 2. The predicted molar refractivity (Wildman–Crippen MR) is 101 cm³/mol. The molecule has 1 aliphatic rings. The molecule has 0 saturated carbocycles. The quantitative estimate of drug-likeness (QED) is 0.351. The van der Waals surface area contributed by atoms with Gasteiger partial charge in [0.05, 0.1) is 33.0 Å². The Morgan fingerprint density at radius 1 is 0.926 bits per heavy atom. The average molecular weight is 384 g/mol. The summed E-state index contributed by atoms with van der Waals surface area (Å²) in [6, 6.07) is 0. The predicted octanol–water partition coefficient (Wildman–Crippen LogP) is 0.318. The first-order valence-electron chi connectivity index (χ1n) is 9.40. The van der Waals surface area contributed by atoms with E-state index in [1.807, 2.05) is 0 Å². The zero-order valence-corrected chi connectivity index (χ0v) is 16.1. The molecule has 1 rings (SSSR count). The van der Waals surface area contributed by atoms with E-state index in [4.69, 9.17) is 19.3 Å². The van der Waals surface area contributed by atoms with Gasteiger partial charge in [-0.1, -0.05) is 30.2 Å². The Morgan fingerprint density at radius 2 is 1.56 bits per heavy atom. The third kappa shape index (κ3) is 12.3. The number of aliphatic hydroxyl groups is 1. The van der Waals surface area contributed by atoms with Gasteiger partial charge in [-0.3, -0.25) is 9.59 Å². The maximum atomic E-state index is 11.7. The Morgan fingerprint density at radius 3 is 2.22 bits per heavy atom. The van der Waals surface area contributed by atoms with Crippen molar-refractivity contribution >= 4 is 11.8 Å². The third-order valence-corrected chi connectivity index (χ3v) is 3.93. The molecule has 0 spiro atoms. The molecule has 27 heavy (non-hydrogen) atoms. The fraction of sp³-hybridized carbons (Fsp3) is 0.684. The van der Waals surface area contributed by atoms with Crippen molar-refractivity contribution in [1.29, 1.82) is 0 Å². The lowest BCUT2D eigenvalue weighted by atomic mass is 9.97. The first kappa shape index (κ1) is 23.3. The standard InChI is InChI=1S/C19H32N2O6/c1-2-16-3-5-17(6-4-16)13-21-19(24)15-27-12-11-25-9-7-20-18(23)14-26-10-8-22/h3,5,22H,2,4,6-15H2,1H3,(H,20,23)(H,21,24). The molecular formula is C19H32N2O6. The topological polar surface area (TPSA) is 106 Å². The van der Waals surface area contributed by atoms with Crippen LogP contribution in [0.2, 0.25) is 0 Å². The highest BCUT2D eigenvalue weighted by Crippen LogP contribution is 2.19. The fourth-order valence-corrected chi connectivity index (χ4v) is 2.36. The van der Waals surface area contributed by atoms with Crippen LogP contribution >= 0.6 is 0 Å². The zero-order valence-electron chi connectivity index (χ0n) is 16.1. The molecule has 154 valence electrons. The van der Waals surface area contributed by atoms with Crippen molar-refractivity contribution in [2.24, 2.45) is 0 Å². The average Bonchev–Trinajstić information content (AvgIpc) is 2.69. The monoisotopic (exact) mass is 384 g/mol. The maximum Gasteiger partial charge on any atom is 0.246 e. The number of carbonyl (C=O) groups excluding carboxylic acids is 2.